The molecule has 10 nitrogen and oxygen atoms in total. The summed E-state index contributed by atoms with van der Waals surface area (Å²) in [6.45, 7) is 2.72. The van der Waals surface area contributed by atoms with Gasteiger partial charge in [-0.15, -0.1) is 0 Å². The van der Waals surface area contributed by atoms with Gasteiger partial charge in [0.25, 0.3) is 5.56 Å². The highest BCUT2D eigenvalue weighted by Crippen LogP contribution is 2.60. The molecule has 186 valence electrons. The number of hydrogen-bond acceptors (Lipinski definition) is 7. The Morgan fingerprint density at radius 1 is 1.03 bits per heavy atom. The zero-order chi connectivity index (χ0) is 24.0. The molecule has 5 fully saturated rings. The average molecular weight is 474 g/mol. The Bertz CT molecular complexity index is 1050. The van der Waals surface area contributed by atoms with E-state index in [1.54, 1.807) is 0 Å². The zero-order valence-corrected chi connectivity index (χ0v) is 19.9. The predicted octanol–water partition coefficient (Wildman–Crippen LogP) is 0.309. The number of aromatic nitrogens is 2. The third-order valence-corrected chi connectivity index (χ3v) is 8.56. The second-order valence-corrected chi connectivity index (χ2v) is 10.9. The van der Waals surface area contributed by atoms with E-state index < -0.39 is 17.0 Å². The van der Waals surface area contributed by atoms with E-state index in [1.165, 1.54) is 26.4 Å². The van der Waals surface area contributed by atoms with Crippen molar-refractivity contribution in [1.29, 1.82) is 0 Å². The molecule has 4 aliphatic carbocycles. The van der Waals surface area contributed by atoms with Crippen LogP contribution in [0, 0.1) is 23.2 Å². The minimum Gasteiger partial charge on any atom is -0.384 e. The summed E-state index contributed by atoms with van der Waals surface area (Å²) in [5.74, 6) is 1.94. The second-order valence-electron chi connectivity index (χ2n) is 10.9. The number of aromatic amines is 1. The van der Waals surface area contributed by atoms with Crippen molar-refractivity contribution in [1.82, 2.24) is 19.4 Å². The minimum atomic E-state index is -0.767. The van der Waals surface area contributed by atoms with Gasteiger partial charge in [0.05, 0.1) is 25.1 Å². The van der Waals surface area contributed by atoms with Gasteiger partial charge in [-0.3, -0.25) is 28.8 Å². The Morgan fingerprint density at radius 3 is 2.18 bits per heavy atom. The SMILES string of the molecule is COCCn1c(N)c(C(=O)CN2CCN(C(=O)C34CC5CC(CC(C5)C3)C4)CC2)c(=O)[nH]c1=O. The van der Waals surface area contributed by atoms with Crippen molar-refractivity contribution in [3.8, 4) is 0 Å². The van der Waals surface area contributed by atoms with Crippen LogP contribution in [-0.4, -0.2) is 77.5 Å². The van der Waals surface area contributed by atoms with E-state index in [1.807, 2.05) is 9.80 Å². The van der Waals surface area contributed by atoms with Crippen LogP contribution < -0.4 is 17.0 Å². The highest BCUT2D eigenvalue weighted by molar-refractivity contribution is 6.01. The van der Waals surface area contributed by atoms with E-state index in [-0.39, 0.29) is 36.5 Å². The van der Waals surface area contributed by atoms with Crippen LogP contribution in [0.1, 0.15) is 48.9 Å². The van der Waals surface area contributed by atoms with Crippen molar-refractivity contribution in [3.63, 3.8) is 0 Å². The smallest absolute Gasteiger partial charge is 0.330 e. The average Bonchev–Trinajstić information content (AvgIpc) is 2.78. The molecule has 4 bridgehead atoms. The van der Waals surface area contributed by atoms with Crippen LogP contribution in [0.2, 0.25) is 0 Å². The van der Waals surface area contributed by atoms with E-state index in [9.17, 15) is 19.2 Å². The highest BCUT2D eigenvalue weighted by atomic mass is 16.5. The summed E-state index contributed by atoms with van der Waals surface area (Å²) in [6, 6.07) is 0. The lowest BCUT2D eigenvalue weighted by Crippen LogP contribution is -2.58. The number of anilines is 1. The number of ether oxygens (including phenoxy) is 1. The number of ketones is 1. The topological polar surface area (TPSA) is 131 Å². The van der Waals surface area contributed by atoms with Crippen LogP contribution >= 0.6 is 0 Å². The molecule has 4 saturated carbocycles. The van der Waals surface area contributed by atoms with E-state index in [2.05, 4.69) is 4.98 Å². The first-order valence-corrected chi connectivity index (χ1v) is 12.5. The van der Waals surface area contributed by atoms with Crippen molar-refractivity contribution in [2.45, 2.75) is 45.1 Å². The lowest BCUT2D eigenvalue weighted by molar-refractivity contribution is -0.159. The van der Waals surface area contributed by atoms with Gasteiger partial charge in [0.1, 0.15) is 11.4 Å². The molecule has 1 aliphatic heterocycles. The van der Waals surface area contributed by atoms with Crippen LogP contribution in [0.3, 0.4) is 0 Å². The highest BCUT2D eigenvalue weighted by Gasteiger charge is 2.55. The fourth-order valence-corrected chi connectivity index (χ4v) is 7.36. The normalized spacial score (nSPS) is 30.6. The van der Waals surface area contributed by atoms with Gasteiger partial charge in [-0.2, -0.15) is 0 Å². The van der Waals surface area contributed by atoms with Gasteiger partial charge in [0.15, 0.2) is 5.78 Å². The molecule has 10 heteroatoms. The molecule has 0 unspecified atom stereocenters. The summed E-state index contributed by atoms with van der Waals surface area (Å²) in [6.07, 6.45) is 7.09. The number of hydrogen-bond donors (Lipinski definition) is 2. The summed E-state index contributed by atoms with van der Waals surface area (Å²) in [7, 11) is 1.49. The Morgan fingerprint density at radius 2 is 1.62 bits per heavy atom. The lowest BCUT2D eigenvalue weighted by atomic mass is 9.49. The van der Waals surface area contributed by atoms with Crippen LogP contribution in [0.25, 0.3) is 0 Å². The minimum absolute atomic E-state index is 0.0230. The molecule has 1 saturated heterocycles. The third-order valence-electron chi connectivity index (χ3n) is 8.56. The Balaban J connectivity index is 1.22. The largest absolute Gasteiger partial charge is 0.384 e. The van der Waals surface area contributed by atoms with Crippen molar-refractivity contribution < 1.29 is 14.3 Å². The number of nitrogens with one attached hydrogen (secondary N) is 1. The number of Topliss-reactive ketones (excluding diaryl/α,β-unsaturated/α-hetero) is 1. The van der Waals surface area contributed by atoms with Crippen molar-refractivity contribution in [2.24, 2.45) is 23.2 Å². The van der Waals surface area contributed by atoms with E-state index in [0.29, 0.717) is 32.1 Å². The molecule has 0 aromatic carbocycles. The molecule has 0 radical (unpaired) electrons. The number of piperazine rings is 1. The van der Waals surface area contributed by atoms with Crippen molar-refractivity contribution >= 4 is 17.5 Å². The van der Waals surface area contributed by atoms with Gasteiger partial charge in [-0.25, -0.2) is 4.79 Å². The van der Waals surface area contributed by atoms with Gasteiger partial charge in [0, 0.05) is 33.3 Å². The molecule has 5 aliphatic rings. The summed E-state index contributed by atoms with van der Waals surface area (Å²) >= 11 is 0. The first kappa shape index (κ1) is 23.3. The molecular weight excluding hydrogens is 438 g/mol. The maximum Gasteiger partial charge on any atom is 0.330 e. The van der Waals surface area contributed by atoms with Crippen molar-refractivity contribution in [2.75, 3.05) is 52.2 Å². The quantitative estimate of drug-likeness (QED) is 0.545. The van der Waals surface area contributed by atoms with Gasteiger partial charge in [0.2, 0.25) is 5.91 Å². The fraction of sp³-hybridized carbons (Fsp3) is 0.750. The van der Waals surface area contributed by atoms with E-state index >= 15 is 0 Å². The number of nitrogens with two attached hydrogens (primary N) is 1. The number of nitrogens with zero attached hydrogens (tertiary/aromatic N) is 3. The molecule has 1 aromatic rings. The molecular formula is C24H35N5O5. The molecule has 1 aromatic heterocycles. The molecule has 1 amide bonds. The summed E-state index contributed by atoms with van der Waals surface area (Å²) < 4.78 is 6.13. The number of carbonyl (C=O) groups is 2. The molecule has 6 rings (SSSR count). The molecule has 3 N–H and O–H groups in total. The Hall–Kier alpha value is -2.46. The Labute approximate surface area is 198 Å². The van der Waals surface area contributed by atoms with Gasteiger partial charge in [-0.1, -0.05) is 0 Å². The first-order chi connectivity index (χ1) is 16.3. The first-order valence-electron chi connectivity index (χ1n) is 12.5. The zero-order valence-electron chi connectivity index (χ0n) is 19.9. The molecule has 34 heavy (non-hydrogen) atoms. The maximum atomic E-state index is 13.6. The number of H-pyrrole nitrogens is 1. The van der Waals surface area contributed by atoms with Gasteiger partial charge < -0.3 is 15.4 Å². The van der Waals surface area contributed by atoms with E-state index in [4.69, 9.17) is 10.5 Å². The molecule has 2 heterocycles. The number of carbonyl (C=O) groups excluding carboxylic acids is 2. The number of rotatable bonds is 7. The van der Waals surface area contributed by atoms with Crippen molar-refractivity contribution in [3.05, 3.63) is 26.4 Å². The fourth-order valence-electron chi connectivity index (χ4n) is 7.36. The standard InChI is InChI=1S/C24H35N5O5/c1-34-7-6-29-20(25)19(21(31)26-23(29)33)18(30)14-27-2-4-28(5-3-27)22(32)24-11-15-8-16(12-24)10-17(9-15)13-24/h15-17H,2-14,25H2,1H3,(H,26,31,33). The van der Waals surface area contributed by atoms with Crippen LogP contribution in [-0.2, 0) is 16.1 Å². The maximum absolute atomic E-state index is 13.6. The van der Waals surface area contributed by atoms with E-state index in [0.717, 1.165) is 41.6 Å². The van der Waals surface area contributed by atoms with Gasteiger partial charge in [-0.05, 0) is 56.3 Å². The molecule has 0 spiro atoms. The predicted molar refractivity (Wildman–Crippen MR) is 126 cm³/mol. The summed E-state index contributed by atoms with van der Waals surface area (Å²) in [5.41, 5.74) is 4.27. The summed E-state index contributed by atoms with van der Waals surface area (Å²) in [4.78, 5) is 57.1. The third kappa shape index (κ3) is 4.11. The number of methoxy groups -OCH3 is 1. The van der Waals surface area contributed by atoms with Crippen LogP contribution in [0.15, 0.2) is 9.59 Å². The summed E-state index contributed by atoms with van der Waals surface area (Å²) in [5, 5.41) is 0. The number of nitrogen functional groups attached to an aromatic ring is 1. The Kier molecular flexibility index (Phi) is 6.14. The van der Waals surface area contributed by atoms with Gasteiger partial charge >= 0.3 is 5.69 Å². The monoisotopic (exact) mass is 473 g/mol. The number of amides is 1. The molecule has 0 atom stereocenters. The van der Waals surface area contributed by atoms with Crippen LogP contribution in [0.4, 0.5) is 5.82 Å². The second kappa shape index (κ2) is 8.96. The van der Waals surface area contributed by atoms with Crippen LogP contribution in [0.5, 0.6) is 0 Å². The lowest BCUT2D eigenvalue weighted by Gasteiger charge is -2.57.